The molecule has 136 valence electrons. The largest absolute Gasteiger partial charge is 0.490 e. The van der Waals surface area contributed by atoms with Crippen LogP contribution in [-0.4, -0.2) is 30.3 Å². The highest BCUT2D eigenvalue weighted by Crippen LogP contribution is 2.35. The Labute approximate surface area is 156 Å². The van der Waals surface area contributed by atoms with E-state index in [9.17, 15) is 9.59 Å². The van der Waals surface area contributed by atoms with Gasteiger partial charge in [0, 0.05) is 16.9 Å². The van der Waals surface area contributed by atoms with E-state index in [-0.39, 0.29) is 11.8 Å². The molecular formula is C19H20N2O4S. The third kappa shape index (κ3) is 4.70. The van der Waals surface area contributed by atoms with Crippen LogP contribution in [0.3, 0.4) is 0 Å². The van der Waals surface area contributed by atoms with Crippen LogP contribution < -0.4 is 20.3 Å². The third-order valence-electron chi connectivity index (χ3n) is 3.74. The fraction of sp³-hybridized carbons (Fsp3) is 0.263. The number of hydrazine groups is 1. The average Bonchev–Trinajstić information content (AvgIpc) is 2.91. The zero-order chi connectivity index (χ0) is 18.4. The molecule has 0 aromatic heterocycles. The highest BCUT2D eigenvalue weighted by molar-refractivity contribution is 8.00. The summed E-state index contributed by atoms with van der Waals surface area (Å²) in [6.07, 6.45) is 0.844. The number of nitrogens with one attached hydrogen (secondary N) is 2. The number of benzene rings is 2. The van der Waals surface area contributed by atoms with Crippen molar-refractivity contribution in [1.82, 2.24) is 10.9 Å². The van der Waals surface area contributed by atoms with Crippen LogP contribution in [0.15, 0.2) is 53.4 Å². The number of fused-ring (bicyclic) bond motifs is 1. The van der Waals surface area contributed by atoms with Gasteiger partial charge in [0.2, 0.25) is 0 Å². The second-order valence-corrected chi connectivity index (χ2v) is 7.14. The topological polar surface area (TPSA) is 76.7 Å². The fourth-order valence-corrected chi connectivity index (χ4v) is 3.25. The van der Waals surface area contributed by atoms with Gasteiger partial charge in [-0.2, -0.15) is 0 Å². The number of hydrogen-bond acceptors (Lipinski definition) is 5. The van der Waals surface area contributed by atoms with E-state index in [1.54, 1.807) is 31.2 Å². The second kappa shape index (κ2) is 8.62. The predicted octanol–water partition coefficient (Wildman–Crippen LogP) is 2.79. The fourth-order valence-electron chi connectivity index (χ4n) is 2.36. The van der Waals surface area contributed by atoms with E-state index in [1.807, 2.05) is 24.3 Å². The Hall–Kier alpha value is -2.67. The minimum absolute atomic E-state index is 0.286. The van der Waals surface area contributed by atoms with E-state index in [0.717, 1.165) is 17.1 Å². The van der Waals surface area contributed by atoms with Crippen molar-refractivity contribution in [3.8, 4) is 11.5 Å². The molecule has 2 N–H and O–H groups in total. The van der Waals surface area contributed by atoms with Crippen molar-refractivity contribution in [2.45, 2.75) is 23.5 Å². The zero-order valence-electron chi connectivity index (χ0n) is 14.4. The summed E-state index contributed by atoms with van der Waals surface area (Å²) in [7, 11) is 0. The van der Waals surface area contributed by atoms with E-state index < -0.39 is 5.25 Å². The van der Waals surface area contributed by atoms with E-state index >= 15 is 0 Å². The molecule has 0 fully saturated rings. The van der Waals surface area contributed by atoms with Crippen molar-refractivity contribution in [3.63, 3.8) is 0 Å². The van der Waals surface area contributed by atoms with E-state index in [4.69, 9.17) is 9.47 Å². The number of ether oxygens (including phenoxy) is 2. The number of rotatable bonds is 4. The van der Waals surface area contributed by atoms with Gasteiger partial charge in [-0.05, 0) is 37.3 Å². The Balaban J connectivity index is 1.54. The maximum atomic E-state index is 12.2. The van der Waals surface area contributed by atoms with E-state index in [1.165, 1.54) is 11.8 Å². The van der Waals surface area contributed by atoms with Gasteiger partial charge in [0.15, 0.2) is 11.5 Å². The molecule has 7 heteroatoms. The van der Waals surface area contributed by atoms with Crippen molar-refractivity contribution < 1.29 is 19.1 Å². The molecule has 0 spiro atoms. The van der Waals surface area contributed by atoms with Gasteiger partial charge in [0.1, 0.15) is 0 Å². The summed E-state index contributed by atoms with van der Waals surface area (Å²) in [6, 6.07) is 14.3. The lowest BCUT2D eigenvalue weighted by atomic mass is 10.2. The number of thioether (sulfide) groups is 1. The van der Waals surface area contributed by atoms with Crippen LogP contribution in [-0.2, 0) is 4.79 Å². The minimum atomic E-state index is -0.393. The highest BCUT2D eigenvalue weighted by Gasteiger charge is 2.17. The molecule has 1 atom stereocenters. The van der Waals surface area contributed by atoms with Gasteiger partial charge in [-0.25, -0.2) is 0 Å². The summed E-state index contributed by atoms with van der Waals surface area (Å²) in [5.74, 6) is 0.773. The first-order valence-corrected chi connectivity index (χ1v) is 9.23. The lowest BCUT2D eigenvalue weighted by Gasteiger charge is -2.14. The Morgan fingerprint density at radius 1 is 1.00 bits per heavy atom. The van der Waals surface area contributed by atoms with Gasteiger partial charge < -0.3 is 9.47 Å². The van der Waals surface area contributed by atoms with Gasteiger partial charge in [-0.1, -0.05) is 18.2 Å². The first kappa shape index (κ1) is 18.1. The molecule has 1 heterocycles. The zero-order valence-corrected chi connectivity index (χ0v) is 15.2. The number of carbonyl (C=O) groups excluding carboxylic acids is 2. The molecule has 2 aromatic rings. The van der Waals surface area contributed by atoms with Crippen LogP contribution in [0.4, 0.5) is 0 Å². The van der Waals surface area contributed by atoms with Crippen molar-refractivity contribution >= 4 is 23.6 Å². The van der Waals surface area contributed by atoms with Gasteiger partial charge in [0.25, 0.3) is 11.8 Å². The Bertz CT molecular complexity index is 782. The van der Waals surface area contributed by atoms with Gasteiger partial charge in [-0.3, -0.25) is 20.4 Å². The molecule has 0 radical (unpaired) electrons. The SMILES string of the molecule is C[C@H](Sc1ccc2c(c1)OCCCO2)C(=O)NNC(=O)c1ccccc1. The van der Waals surface area contributed by atoms with Crippen LogP contribution in [0.1, 0.15) is 23.7 Å². The van der Waals surface area contributed by atoms with Crippen LogP contribution in [0, 0.1) is 0 Å². The van der Waals surface area contributed by atoms with Crippen molar-refractivity contribution in [2.24, 2.45) is 0 Å². The third-order valence-corrected chi connectivity index (χ3v) is 4.83. The van der Waals surface area contributed by atoms with E-state index in [2.05, 4.69) is 10.9 Å². The summed E-state index contributed by atoms with van der Waals surface area (Å²) in [5.41, 5.74) is 5.37. The minimum Gasteiger partial charge on any atom is -0.490 e. The number of carbonyl (C=O) groups is 2. The van der Waals surface area contributed by atoms with Crippen LogP contribution in [0.2, 0.25) is 0 Å². The normalized spacial score (nSPS) is 14.0. The first-order valence-electron chi connectivity index (χ1n) is 8.35. The summed E-state index contributed by atoms with van der Waals surface area (Å²) >= 11 is 1.38. The maximum Gasteiger partial charge on any atom is 0.269 e. The molecule has 2 amide bonds. The molecule has 0 saturated heterocycles. The lowest BCUT2D eigenvalue weighted by Crippen LogP contribution is -2.44. The standard InChI is InChI=1S/C19H20N2O4S/c1-13(18(22)20-21-19(23)14-6-3-2-4-7-14)26-15-8-9-16-17(12-15)25-11-5-10-24-16/h2-4,6-9,12-13H,5,10-11H2,1H3,(H,20,22)(H,21,23)/t13-/m0/s1. The smallest absolute Gasteiger partial charge is 0.269 e. The summed E-state index contributed by atoms with van der Waals surface area (Å²) in [4.78, 5) is 25.1. The molecular weight excluding hydrogens is 352 g/mol. The summed E-state index contributed by atoms with van der Waals surface area (Å²) in [5, 5.41) is -0.393. The molecule has 0 bridgehead atoms. The van der Waals surface area contributed by atoms with Gasteiger partial charge in [0.05, 0.1) is 18.5 Å². The van der Waals surface area contributed by atoms with Crippen LogP contribution in [0.25, 0.3) is 0 Å². The quantitative estimate of drug-likeness (QED) is 0.638. The number of hydrogen-bond donors (Lipinski definition) is 2. The molecule has 1 aliphatic heterocycles. The molecule has 26 heavy (non-hydrogen) atoms. The number of amides is 2. The summed E-state index contributed by atoms with van der Waals surface area (Å²) in [6.45, 7) is 3.03. The monoisotopic (exact) mass is 372 g/mol. The van der Waals surface area contributed by atoms with Gasteiger partial charge >= 0.3 is 0 Å². The molecule has 0 unspecified atom stereocenters. The van der Waals surface area contributed by atoms with Crippen LogP contribution in [0.5, 0.6) is 11.5 Å². The highest BCUT2D eigenvalue weighted by atomic mass is 32.2. The van der Waals surface area contributed by atoms with Crippen LogP contribution >= 0.6 is 11.8 Å². The Morgan fingerprint density at radius 3 is 2.50 bits per heavy atom. The predicted molar refractivity (Wildman–Crippen MR) is 99.4 cm³/mol. The maximum absolute atomic E-state index is 12.2. The van der Waals surface area contributed by atoms with Crippen molar-refractivity contribution in [3.05, 3.63) is 54.1 Å². The molecule has 3 rings (SSSR count). The Kier molecular flexibility index (Phi) is 6.01. The molecule has 0 aliphatic carbocycles. The molecule has 6 nitrogen and oxygen atoms in total. The summed E-state index contributed by atoms with van der Waals surface area (Å²) < 4.78 is 11.3. The molecule has 0 saturated carbocycles. The average molecular weight is 372 g/mol. The van der Waals surface area contributed by atoms with E-state index in [0.29, 0.717) is 24.5 Å². The van der Waals surface area contributed by atoms with Gasteiger partial charge in [-0.15, -0.1) is 11.8 Å². The van der Waals surface area contributed by atoms with Crippen molar-refractivity contribution in [2.75, 3.05) is 13.2 Å². The first-order chi connectivity index (χ1) is 12.6. The Morgan fingerprint density at radius 2 is 1.73 bits per heavy atom. The van der Waals surface area contributed by atoms with Crippen molar-refractivity contribution in [1.29, 1.82) is 0 Å². The molecule has 2 aromatic carbocycles. The molecule has 1 aliphatic rings. The lowest BCUT2D eigenvalue weighted by molar-refractivity contribution is -0.121. The second-order valence-electron chi connectivity index (χ2n) is 5.73.